The lowest BCUT2D eigenvalue weighted by Crippen LogP contribution is -2.14. The molecule has 6 heteroatoms. The van der Waals surface area contributed by atoms with E-state index < -0.39 is 0 Å². The highest BCUT2D eigenvalue weighted by Gasteiger charge is 2.07. The molecule has 0 saturated carbocycles. The molecular formula is C15H22N2O4. The number of nitrogens with zero attached hydrogens (tertiary/aromatic N) is 1. The Kier molecular flexibility index (Phi) is 8.96. The van der Waals surface area contributed by atoms with E-state index in [1.807, 2.05) is 6.07 Å². The van der Waals surface area contributed by atoms with Gasteiger partial charge < -0.3 is 24.3 Å². The fourth-order valence-electron chi connectivity index (χ4n) is 1.69. The van der Waals surface area contributed by atoms with Gasteiger partial charge in [-0.2, -0.15) is 5.26 Å². The zero-order valence-corrected chi connectivity index (χ0v) is 12.6. The second-order valence-corrected chi connectivity index (χ2v) is 4.14. The highest BCUT2D eigenvalue weighted by atomic mass is 16.5. The second-order valence-electron chi connectivity index (χ2n) is 4.14. The molecule has 0 spiro atoms. The summed E-state index contributed by atoms with van der Waals surface area (Å²) in [6, 6.07) is 7.48. The first kappa shape index (κ1) is 17.2. The van der Waals surface area contributed by atoms with Gasteiger partial charge in [-0.1, -0.05) is 6.07 Å². The Morgan fingerprint density at radius 1 is 1.05 bits per heavy atom. The largest absolute Gasteiger partial charge is 0.495 e. The van der Waals surface area contributed by atoms with Crippen molar-refractivity contribution in [1.29, 1.82) is 5.26 Å². The lowest BCUT2D eigenvalue weighted by molar-refractivity contribution is 0.0272. The maximum absolute atomic E-state index is 9.08. The predicted molar refractivity (Wildman–Crippen MR) is 79.7 cm³/mol. The summed E-state index contributed by atoms with van der Waals surface area (Å²) >= 11 is 0. The Balaban J connectivity index is 2.23. The summed E-state index contributed by atoms with van der Waals surface area (Å²) in [7, 11) is 3.22. The van der Waals surface area contributed by atoms with Crippen LogP contribution in [0.4, 0.5) is 5.69 Å². The van der Waals surface area contributed by atoms with Crippen LogP contribution in [-0.2, 0) is 14.2 Å². The summed E-state index contributed by atoms with van der Waals surface area (Å²) in [4.78, 5) is 0. The fraction of sp³-hybridized carbons (Fsp3) is 0.533. The smallest absolute Gasteiger partial charge is 0.143 e. The van der Waals surface area contributed by atoms with Gasteiger partial charge in [-0.25, -0.2) is 0 Å². The minimum absolute atomic E-state index is 0.524. The van der Waals surface area contributed by atoms with Gasteiger partial charge in [0.25, 0.3) is 0 Å². The van der Waals surface area contributed by atoms with Crippen molar-refractivity contribution in [2.24, 2.45) is 0 Å². The normalized spacial score (nSPS) is 10.1. The molecule has 21 heavy (non-hydrogen) atoms. The van der Waals surface area contributed by atoms with Crippen molar-refractivity contribution in [2.45, 2.75) is 0 Å². The molecule has 0 fully saturated rings. The summed E-state index contributed by atoms with van der Waals surface area (Å²) in [5.74, 6) is 0.650. The topological polar surface area (TPSA) is 72.7 Å². The summed E-state index contributed by atoms with van der Waals surface area (Å²) in [6.07, 6.45) is 0. The molecule has 0 aliphatic heterocycles. The van der Waals surface area contributed by atoms with Crippen LogP contribution in [-0.4, -0.2) is 53.8 Å². The lowest BCUT2D eigenvalue weighted by Gasteiger charge is -2.12. The number of ether oxygens (including phenoxy) is 4. The predicted octanol–water partition coefficient (Wildman–Crippen LogP) is 1.66. The fourth-order valence-corrected chi connectivity index (χ4v) is 1.69. The van der Waals surface area contributed by atoms with Crippen LogP contribution in [0.2, 0.25) is 0 Å². The molecule has 0 saturated heterocycles. The molecule has 0 aromatic heterocycles. The molecule has 0 aliphatic carbocycles. The number of hydrogen-bond donors (Lipinski definition) is 1. The molecule has 1 rings (SSSR count). The number of anilines is 1. The van der Waals surface area contributed by atoms with Gasteiger partial charge in [0.05, 0.1) is 51.4 Å². The van der Waals surface area contributed by atoms with E-state index in [4.69, 9.17) is 24.2 Å². The molecule has 0 amide bonds. The number of para-hydroxylation sites is 1. The van der Waals surface area contributed by atoms with Crippen molar-refractivity contribution in [3.63, 3.8) is 0 Å². The first-order valence-corrected chi connectivity index (χ1v) is 6.79. The molecule has 1 N–H and O–H groups in total. The van der Waals surface area contributed by atoms with E-state index in [1.54, 1.807) is 26.4 Å². The van der Waals surface area contributed by atoms with E-state index in [0.717, 1.165) is 0 Å². The van der Waals surface area contributed by atoms with Crippen LogP contribution >= 0.6 is 0 Å². The molecule has 0 radical (unpaired) electrons. The second kappa shape index (κ2) is 10.9. The highest BCUT2D eigenvalue weighted by Crippen LogP contribution is 2.27. The standard InChI is InChI=1S/C15H22N2O4/c1-18-8-9-21-11-10-20-7-6-17-15-13(12-16)4-3-5-14(15)19-2/h3-5,17H,6-11H2,1-2H3. The number of rotatable bonds is 11. The van der Waals surface area contributed by atoms with E-state index in [1.165, 1.54) is 0 Å². The van der Waals surface area contributed by atoms with Gasteiger partial charge in [-0.15, -0.1) is 0 Å². The van der Waals surface area contributed by atoms with Gasteiger partial charge in [0, 0.05) is 13.7 Å². The summed E-state index contributed by atoms with van der Waals surface area (Å²) in [5.41, 5.74) is 1.25. The Bertz CT molecular complexity index is 446. The summed E-state index contributed by atoms with van der Waals surface area (Å²) < 4.78 is 20.8. The SMILES string of the molecule is COCCOCCOCCNc1c(C#N)cccc1OC. The van der Waals surface area contributed by atoms with Crippen LogP contribution in [0.15, 0.2) is 18.2 Å². The first-order chi connectivity index (χ1) is 10.3. The van der Waals surface area contributed by atoms with Crippen LogP contribution in [0.5, 0.6) is 5.75 Å². The van der Waals surface area contributed by atoms with Crippen LogP contribution in [0.3, 0.4) is 0 Å². The van der Waals surface area contributed by atoms with Gasteiger partial charge in [-0.05, 0) is 12.1 Å². The molecule has 1 aromatic carbocycles. The maximum atomic E-state index is 9.08. The molecule has 116 valence electrons. The Hall–Kier alpha value is -1.81. The van der Waals surface area contributed by atoms with Crippen molar-refractivity contribution in [2.75, 3.05) is 59.1 Å². The lowest BCUT2D eigenvalue weighted by atomic mass is 10.2. The Morgan fingerprint density at radius 2 is 1.76 bits per heavy atom. The molecule has 1 aromatic rings. The van der Waals surface area contributed by atoms with Crippen LogP contribution in [0.25, 0.3) is 0 Å². The third-order valence-electron chi connectivity index (χ3n) is 2.72. The van der Waals surface area contributed by atoms with E-state index in [9.17, 15) is 0 Å². The summed E-state index contributed by atoms with van der Waals surface area (Å²) in [6.45, 7) is 3.35. The quantitative estimate of drug-likeness (QED) is 0.626. The Morgan fingerprint density at radius 3 is 2.43 bits per heavy atom. The van der Waals surface area contributed by atoms with Crippen LogP contribution < -0.4 is 10.1 Å². The van der Waals surface area contributed by atoms with Crippen molar-refractivity contribution in [3.05, 3.63) is 23.8 Å². The Labute approximate surface area is 125 Å². The average molecular weight is 294 g/mol. The average Bonchev–Trinajstić information content (AvgIpc) is 2.53. The first-order valence-electron chi connectivity index (χ1n) is 6.79. The van der Waals surface area contributed by atoms with Crippen LogP contribution in [0, 0.1) is 11.3 Å². The minimum atomic E-state index is 0.524. The highest BCUT2D eigenvalue weighted by molar-refractivity contribution is 5.66. The molecule has 6 nitrogen and oxygen atoms in total. The number of hydrogen-bond acceptors (Lipinski definition) is 6. The third-order valence-corrected chi connectivity index (χ3v) is 2.72. The van der Waals surface area contributed by atoms with E-state index >= 15 is 0 Å². The van der Waals surface area contributed by atoms with Gasteiger partial charge in [0.1, 0.15) is 11.8 Å². The van der Waals surface area contributed by atoms with Crippen molar-refractivity contribution < 1.29 is 18.9 Å². The van der Waals surface area contributed by atoms with Crippen LogP contribution in [0.1, 0.15) is 5.56 Å². The van der Waals surface area contributed by atoms with Gasteiger partial charge in [-0.3, -0.25) is 0 Å². The van der Waals surface area contributed by atoms with Gasteiger partial charge in [0.2, 0.25) is 0 Å². The van der Waals surface area contributed by atoms with E-state index in [2.05, 4.69) is 11.4 Å². The minimum Gasteiger partial charge on any atom is -0.495 e. The van der Waals surface area contributed by atoms with Gasteiger partial charge in [0.15, 0.2) is 0 Å². The molecule has 0 aliphatic rings. The van der Waals surface area contributed by atoms with Gasteiger partial charge >= 0.3 is 0 Å². The zero-order chi connectivity index (χ0) is 15.3. The zero-order valence-electron chi connectivity index (χ0n) is 12.6. The molecular weight excluding hydrogens is 272 g/mol. The van der Waals surface area contributed by atoms with Crippen molar-refractivity contribution in [3.8, 4) is 11.8 Å². The molecule has 0 heterocycles. The number of methoxy groups -OCH3 is 2. The third kappa shape index (κ3) is 6.45. The maximum Gasteiger partial charge on any atom is 0.143 e. The molecule has 0 bridgehead atoms. The van der Waals surface area contributed by atoms with Crippen molar-refractivity contribution in [1.82, 2.24) is 0 Å². The summed E-state index contributed by atoms with van der Waals surface area (Å²) in [5, 5.41) is 12.2. The number of nitriles is 1. The van der Waals surface area contributed by atoms with E-state index in [-0.39, 0.29) is 0 Å². The number of nitrogens with one attached hydrogen (secondary N) is 1. The van der Waals surface area contributed by atoms with E-state index in [0.29, 0.717) is 56.6 Å². The molecule has 0 atom stereocenters. The monoisotopic (exact) mass is 294 g/mol. The molecule has 0 unspecified atom stereocenters. The van der Waals surface area contributed by atoms with Crippen molar-refractivity contribution >= 4 is 5.69 Å². The number of benzene rings is 1.